The van der Waals surface area contributed by atoms with Crippen molar-refractivity contribution in [3.63, 3.8) is 0 Å². The smallest absolute Gasteiger partial charge is 0.343 e. The van der Waals surface area contributed by atoms with Crippen LogP contribution in [0.25, 0.3) is 0 Å². The lowest BCUT2D eigenvalue weighted by atomic mass is 10.5. The van der Waals surface area contributed by atoms with Gasteiger partial charge in [0.1, 0.15) is 6.33 Å². The molecule has 0 atom stereocenters. The number of thioether (sulfide) groups is 1. The number of rotatable bonds is 6. The number of anilines is 1. The van der Waals surface area contributed by atoms with E-state index < -0.39 is 4.92 Å². The lowest BCUT2D eigenvalue weighted by Gasteiger charge is -2.05. The Bertz CT molecular complexity index is 373. The maximum Gasteiger partial charge on any atom is 0.343 e. The van der Waals surface area contributed by atoms with Crippen molar-refractivity contribution in [3.8, 4) is 0 Å². The van der Waals surface area contributed by atoms with Crippen molar-refractivity contribution in [1.82, 2.24) is 9.97 Å². The van der Waals surface area contributed by atoms with Crippen LogP contribution >= 0.6 is 11.8 Å². The van der Waals surface area contributed by atoms with Crippen LogP contribution in [0.5, 0.6) is 0 Å². The van der Waals surface area contributed by atoms with Crippen LogP contribution < -0.4 is 5.32 Å². The molecule has 7 heteroatoms. The van der Waals surface area contributed by atoms with Crippen LogP contribution in [-0.2, 0) is 0 Å². The Hall–Kier alpha value is -1.37. The summed E-state index contributed by atoms with van der Waals surface area (Å²) in [6.45, 7) is 4.48. The van der Waals surface area contributed by atoms with Gasteiger partial charge in [0.2, 0.25) is 5.82 Å². The van der Waals surface area contributed by atoms with E-state index in [1.165, 1.54) is 18.1 Å². The van der Waals surface area contributed by atoms with Gasteiger partial charge in [-0.15, -0.1) is 0 Å². The Morgan fingerprint density at radius 2 is 2.25 bits per heavy atom. The summed E-state index contributed by atoms with van der Waals surface area (Å²) in [7, 11) is 0. The SMILES string of the molecule is CCCSc1ncnc(NCC)c1[N+](=O)[O-]. The van der Waals surface area contributed by atoms with Crippen LogP contribution in [0.3, 0.4) is 0 Å². The van der Waals surface area contributed by atoms with Crippen LogP contribution in [0.4, 0.5) is 11.5 Å². The molecule has 0 spiro atoms. The van der Waals surface area contributed by atoms with Crippen molar-refractivity contribution < 1.29 is 4.92 Å². The molecule has 16 heavy (non-hydrogen) atoms. The van der Waals surface area contributed by atoms with E-state index in [2.05, 4.69) is 15.3 Å². The van der Waals surface area contributed by atoms with Crippen LogP contribution in [-0.4, -0.2) is 27.2 Å². The van der Waals surface area contributed by atoms with E-state index >= 15 is 0 Å². The Morgan fingerprint density at radius 1 is 1.50 bits per heavy atom. The van der Waals surface area contributed by atoms with E-state index in [0.717, 1.165) is 12.2 Å². The standard InChI is InChI=1S/C9H14N4O2S/c1-3-5-16-9-7(13(14)15)8(10-4-2)11-6-12-9/h6H,3-5H2,1-2H3,(H,10,11,12). The van der Waals surface area contributed by atoms with E-state index in [1.54, 1.807) is 0 Å². The summed E-state index contributed by atoms with van der Waals surface area (Å²) in [5.74, 6) is 1.10. The quantitative estimate of drug-likeness (QED) is 0.357. The maximum absolute atomic E-state index is 11.0. The first-order chi connectivity index (χ1) is 7.70. The van der Waals surface area contributed by atoms with Gasteiger partial charge in [0.25, 0.3) is 0 Å². The van der Waals surface area contributed by atoms with Gasteiger partial charge in [-0.25, -0.2) is 9.97 Å². The maximum atomic E-state index is 11.0. The summed E-state index contributed by atoms with van der Waals surface area (Å²) in [6.07, 6.45) is 2.30. The molecule has 1 heterocycles. The number of nitro groups is 1. The average molecular weight is 242 g/mol. The molecule has 1 aromatic heterocycles. The fourth-order valence-electron chi connectivity index (χ4n) is 1.13. The lowest BCUT2D eigenvalue weighted by molar-refractivity contribution is -0.387. The second-order valence-corrected chi connectivity index (χ2v) is 4.10. The lowest BCUT2D eigenvalue weighted by Crippen LogP contribution is -2.05. The van der Waals surface area contributed by atoms with Gasteiger partial charge in [0.15, 0.2) is 5.03 Å². The molecule has 0 radical (unpaired) electrons. The molecule has 1 rings (SSSR count). The number of hydrogen-bond donors (Lipinski definition) is 1. The summed E-state index contributed by atoms with van der Waals surface area (Å²) in [5.41, 5.74) is -0.0252. The Morgan fingerprint density at radius 3 is 2.81 bits per heavy atom. The zero-order valence-corrected chi connectivity index (χ0v) is 10.1. The molecule has 0 bridgehead atoms. The summed E-state index contributed by atoms with van der Waals surface area (Å²) >= 11 is 1.38. The summed E-state index contributed by atoms with van der Waals surface area (Å²) in [4.78, 5) is 18.3. The summed E-state index contributed by atoms with van der Waals surface area (Å²) in [6, 6.07) is 0. The van der Waals surface area contributed by atoms with Gasteiger partial charge in [0, 0.05) is 6.54 Å². The van der Waals surface area contributed by atoms with Gasteiger partial charge in [-0.2, -0.15) is 0 Å². The van der Waals surface area contributed by atoms with E-state index in [4.69, 9.17) is 0 Å². The number of nitrogens with zero attached hydrogens (tertiary/aromatic N) is 3. The van der Waals surface area contributed by atoms with Gasteiger partial charge < -0.3 is 5.32 Å². The Kier molecular flexibility index (Phi) is 4.97. The van der Waals surface area contributed by atoms with Crippen LogP contribution in [0.2, 0.25) is 0 Å². The predicted molar refractivity (Wildman–Crippen MR) is 63.9 cm³/mol. The fourth-order valence-corrected chi connectivity index (χ4v) is 1.96. The number of aromatic nitrogens is 2. The minimum absolute atomic E-state index is 0.0252. The third-order valence-corrected chi connectivity index (χ3v) is 2.94. The molecule has 6 nitrogen and oxygen atoms in total. The number of hydrogen-bond acceptors (Lipinski definition) is 6. The topological polar surface area (TPSA) is 81.0 Å². The van der Waals surface area contributed by atoms with Gasteiger partial charge in [-0.1, -0.05) is 18.7 Å². The van der Waals surface area contributed by atoms with Crippen LogP contribution in [0, 0.1) is 10.1 Å². The highest BCUT2D eigenvalue weighted by Crippen LogP contribution is 2.32. The van der Waals surface area contributed by atoms with Crippen molar-refractivity contribution in [2.45, 2.75) is 25.3 Å². The Balaban J connectivity index is 3.05. The van der Waals surface area contributed by atoms with E-state index in [0.29, 0.717) is 17.4 Å². The number of nitrogens with one attached hydrogen (secondary N) is 1. The fraction of sp³-hybridized carbons (Fsp3) is 0.556. The summed E-state index contributed by atoms with van der Waals surface area (Å²) in [5, 5.41) is 14.2. The molecule has 0 saturated carbocycles. The van der Waals surface area contributed by atoms with Gasteiger partial charge in [-0.05, 0) is 19.1 Å². The summed E-state index contributed by atoms with van der Waals surface area (Å²) < 4.78 is 0. The second kappa shape index (κ2) is 6.26. The average Bonchev–Trinajstić information content (AvgIpc) is 2.26. The largest absolute Gasteiger partial charge is 0.364 e. The molecule has 0 saturated heterocycles. The zero-order chi connectivity index (χ0) is 12.0. The second-order valence-electron chi connectivity index (χ2n) is 3.01. The predicted octanol–water partition coefficient (Wildman–Crippen LogP) is 2.32. The minimum atomic E-state index is -0.435. The molecule has 0 aliphatic rings. The molecule has 0 aliphatic heterocycles. The first-order valence-electron chi connectivity index (χ1n) is 5.06. The first-order valence-corrected chi connectivity index (χ1v) is 6.05. The molecule has 1 aromatic rings. The van der Waals surface area contributed by atoms with Crippen LogP contribution in [0.1, 0.15) is 20.3 Å². The highest BCUT2D eigenvalue weighted by molar-refractivity contribution is 7.99. The molecular formula is C9H14N4O2S. The molecule has 0 unspecified atom stereocenters. The molecule has 0 fully saturated rings. The monoisotopic (exact) mass is 242 g/mol. The zero-order valence-electron chi connectivity index (χ0n) is 9.27. The van der Waals surface area contributed by atoms with Crippen LogP contribution in [0.15, 0.2) is 11.4 Å². The Labute approximate surface area is 98.0 Å². The van der Waals surface area contributed by atoms with Crippen molar-refractivity contribution in [3.05, 3.63) is 16.4 Å². The third-order valence-electron chi connectivity index (χ3n) is 1.76. The van der Waals surface area contributed by atoms with Crippen molar-refractivity contribution in [2.24, 2.45) is 0 Å². The van der Waals surface area contributed by atoms with Gasteiger partial charge >= 0.3 is 5.69 Å². The van der Waals surface area contributed by atoms with Gasteiger partial charge in [0.05, 0.1) is 4.92 Å². The third kappa shape index (κ3) is 3.06. The van der Waals surface area contributed by atoms with Crippen molar-refractivity contribution in [2.75, 3.05) is 17.6 Å². The van der Waals surface area contributed by atoms with Crippen molar-refractivity contribution >= 4 is 23.3 Å². The highest BCUT2D eigenvalue weighted by atomic mass is 32.2. The molecule has 0 amide bonds. The molecule has 0 aromatic carbocycles. The molecular weight excluding hydrogens is 228 g/mol. The van der Waals surface area contributed by atoms with E-state index in [-0.39, 0.29) is 5.69 Å². The first kappa shape index (κ1) is 12.7. The highest BCUT2D eigenvalue weighted by Gasteiger charge is 2.22. The van der Waals surface area contributed by atoms with E-state index in [1.807, 2.05) is 13.8 Å². The molecule has 1 N–H and O–H groups in total. The molecule has 88 valence electrons. The normalized spacial score (nSPS) is 10.1. The van der Waals surface area contributed by atoms with Gasteiger partial charge in [-0.3, -0.25) is 10.1 Å². The molecule has 0 aliphatic carbocycles. The van der Waals surface area contributed by atoms with Crippen molar-refractivity contribution in [1.29, 1.82) is 0 Å². The van der Waals surface area contributed by atoms with E-state index in [9.17, 15) is 10.1 Å². The minimum Gasteiger partial charge on any atom is -0.364 e.